The van der Waals surface area contributed by atoms with Gasteiger partial charge < -0.3 is 0 Å². The molecule has 0 aliphatic heterocycles. The maximum Gasteiger partial charge on any atom is 0.101 e. The van der Waals surface area contributed by atoms with Crippen molar-refractivity contribution in [2.45, 2.75) is 0 Å². The van der Waals surface area contributed by atoms with Gasteiger partial charge in [0.05, 0.1) is 22.7 Å². The van der Waals surface area contributed by atoms with Gasteiger partial charge in [-0.3, -0.25) is 4.98 Å². The molecule has 4 heteroatoms. The summed E-state index contributed by atoms with van der Waals surface area (Å²) in [7, 11) is 0. The van der Waals surface area contributed by atoms with Crippen molar-refractivity contribution in [1.29, 1.82) is 10.5 Å². The molecule has 0 fully saturated rings. The summed E-state index contributed by atoms with van der Waals surface area (Å²) in [4.78, 5) is 4.15. The zero-order valence-electron chi connectivity index (χ0n) is 7.53. The van der Waals surface area contributed by atoms with Crippen LogP contribution in [0.5, 0.6) is 0 Å². The molecule has 3 nitrogen and oxygen atoms in total. The number of rotatable bonds is 0. The normalized spacial score (nSPS) is 9.53. The van der Waals surface area contributed by atoms with Crippen molar-refractivity contribution in [3.8, 4) is 12.1 Å². The Bertz CT molecular complexity index is 620. The summed E-state index contributed by atoms with van der Waals surface area (Å²) in [6.45, 7) is 0. The first-order valence-corrected chi connectivity index (χ1v) is 4.93. The van der Waals surface area contributed by atoms with Crippen molar-refractivity contribution in [2.75, 3.05) is 0 Å². The number of pyridine rings is 1. The van der Waals surface area contributed by atoms with Crippen LogP contribution in [0.3, 0.4) is 0 Å². The van der Waals surface area contributed by atoms with Gasteiger partial charge in [0.15, 0.2) is 0 Å². The topological polar surface area (TPSA) is 60.5 Å². The summed E-state index contributed by atoms with van der Waals surface area (Å²) in [6.07, 6.45) is 1.63. The van der Waals surface area contributed by atoms with Gasteiger partial charge in [0, 0.05) is 16.1 Å². The minimum absolute atomic E-state index is 0.427. The van der Waals surface area contributed by atoms with Gasteiger partial charge in [-0.05, 0) is 34.1 Å². The van der Waals surface area contributed by atoms with Gasteiger partial charge in [0.2, 0.25) is 0 Å². The fourth-order valence-electron chi connectivity index (χ4n) is 1.37. The smallest absolute Gasteiger partial charge is 0.101 e. The molecular weight excluding hydrogens is 254 g/mol. The largest absolute Gasteiger partial charge is 0.254 e. The average molecular weight is 258 g/mol. The summed E-state index contributed by atoms with van der Waals surface area (Å²) < 4.78 is 0.828. The molecule has 15 heavy (non-hydrogen) atoms. The highest BCUT2D eigenvalue weighted by atomic mass is 79.9. The van der Waals surface area contributed by atoms with Crippen molar-refractivity contribution < 1.29 is 0 Å². The Morgan fingerprint density at radius 1 is 1.13 bits per heavy atom. The highest BCUT2D eigenvalue weighted by molar-refractivity contribution is 9.10. The van der Waals surface area contributed by atoms with Crippen LogP contribution in [0.1, 0.15) is 11.1 Å². The summed E-state index contributed by atoms with van der Waals surface area (Å²) in [6, 6.07) is 9.15. The molecule has 1 aromatic carbocycles. The quantitative estimate of drug-likeness (QED) is 0.729. The van der Waals surface area contributed by atoms with Crippen molar-refractivity contribution >= 4 is 26.8 Å². The van der Waals surface area contributed by atoms with E-state index in [2.05, 4.69) is 20.9 Å². The highest BCUT2D eigenvalue weighted by Gasteiger charge is 2.05. The second-order valence-corrected chi connectivity index (χ2v) is 3.89. The van der Waals surface area contributed by atoms with Gasteiger partial charge in [-0.25, -0.2) is 0 Å². The predicted molar refractivity (Wildman–Crippen MR) is 58.9 cm³/mol. The van der Waals surface area contributed by atoms with Crippen molar-refractivity contribution in [2.24, 2.45) is 0 Å². The fraction of sp³-hybridized carbons (Fsp3) is 0. The average Bonchev–Trinajstić information content (AvgIpc) is 2.26. The highest BCUT2D eigenvalue weighted by Crippen LogP contribution is 2.21. The number of aromatic nitrogens is 1. The van der Waals surface area contributed by atoms with Crippen LogP contribution in [0, 0.1) is 22.7 Å². The molecule has 0 aliphatic rings. The van der Waals surface area contributed by atoms with Crippen LogP contribution in [0.15, 0.2) is 28.9 Å². The Labute approximate surface area is 94.7 Å². The second-order valence-electron chi connectivity index (χ2n) is 2.97. The third-order valence-electron chi connectivity index (χ3n) is 2.00. The lowest BCUT2D eigenvalue weighted by molar-refractivity contribution is 1.36. The van der Waals surface area contributed by atoms with Crippen molar-refractivity contribution in [3.05, 3.63) is 40.0 Å². The van der Waals surface area contributed by atoms with E-state index in [9.17, 15) is 0 Å². The molecule has 0 N–H and O–H groups in total. The number of nitrogens with zero attached hydrogens (tertiary/aromatic N) is 3. The van der Waals surface area contributed by atoms with Crippen LogP contribution in [0.2, 0.25) is 0 Å². The summed E-state index contributed by atoms with van der Waals surface area (Å²) >= 11 is 3.30. The lowest BCUT2D eigenvalue weighted by Crippen LogP contribution is -1.86. The number of benzene rings is 1. The van der Waals surface area contributed by atoms with Crippen molar-refractivity contribution in [3.63, 3.8) is 0 Å². The van der Waals surface area contributed by atoms with E-state index >= 15 is 0 Å². The van der Waals surface area contributed by atoms with E-state index in [1.165, 1.54) is 0 Å². The fourth-order valence-corrected chi connectivity index (χ4v) is 1.72. The van der Waals surface area contributed by atoms with E-state index < -0.39 is 0 Å². The second kappa shape index (κ2) is 3.68. The monoisotopic (exact) mass is 257 g/mol. The molecule has 0 unspecified atom stereocenters. The lowest BCUT2D eigenvalue weighted by Gasteiger charge is -2.00. The summed E-state index contributed by atoms with van der Waals surface area (Å²) in [5, 5.41) is 18.5. The van der Waals surface area contributed by atoms with E-state index in [1.54, 1.807) is 18.3 Å². The Kier molecular flexibility index (Phi) is 2.37. The number of fused-ring (bicyclic) bond motifs is 1. The minimum Gasteiger partial charge on any atom is -0.254 e. The molecule has 0 saturated heterocycles. The van der Waals surface area contributed by atoms with E-state index in [1.807, 2.05) is 18.2 Å². The van der Waals surface area contributed by atoms with Crippen LogP contribution < -0.4 is 0 Å². The Morgan fingerprint density at radius 3 is 2.60 bits per heavy atom. The molecule has 1 aromatic heterocycles. The van der Waals surface area contributed by atoms with E-state index in [-0.39, 0.29) is 0 Å². The molecule has 0 saturated carbocycles. The number of hydrogen-bond donors (Lipinski definition) is 0. The lowest BCUT2D eigenvalue weighted by atomic mass is 10.1. The minimum atomic E-state index is 0.427. The molecule has 2 rings (SSSR count). The molecule has 1 heterocycles. The molecule has 0 bridgehead atoms. The predicted octanol–water partition coefficient (Wildman–Crippen LogP) is 2.74. The number of nitriles is 2. The first-order valence-electron chi connectivity index (χ1n) is 4.14. The molecule has 0 aliphatic carbocycles. The standard InChI is InChI=1S/C11H4BrN3/c12-10-3-8-1-7(4-13)2-9(5-14)11(8)15-6-10/h1-3,6H. The first kappa shape index (κ1) is 9.64. The zero-order valence-corrected chi connectivity index (χ0v) is 9.12. The van der Waals surface area contributed by atoms with Gasteiger partial charge >= 0.3 is 0 Å². The van der Waals surface area contributed by atoms with Gasteiger partial charge in [-0.15, -0.1) is 0 Å². The van der Waals surface area contributed by atoms with E-state index in [0.717, 1.165) is 9.86 Å². The molecule has 70 valence electrons. The number of halogens is 1. The van der Waals surface area contributed by atoms with Crippen LogP contribution in [0.25, 0.3) is 10.9 Å². The van der Waals surface area contributed by atoms with Gasteiger partial charge in [-0.2, -0.15) is 10.5 Å². The molecule has 0 radical (unpaired) electrons. The maximum absolute atomic E-state index is 8.91. The van der Waals surface area contributed by atoms with E-state index in [0.29, 0.717) is 16.6 Å². The molecule has 0 amide bonds. The van der Waals surface area contributed by atoms with Crippen LogP contribution in [-0.2, 0) is 0 Å². The van der Waals surface area contributed by atoms with Crippen LogP contribution in [0.4, 0.5) is 0 Å². The number of hydrogen-bond acceptors (Lipinski definition) is 3. The molecule has 0 atom stereocenters. The SMILES string of the molecule is N#Cc1cc(C#N)c2ncc(Br)cc2c1. The zero-order chi connectivity index (χ0) is 10.8. The molecule has 0 spiro atoms. The van der Waals surface area contributed by atoms with Gasteiger partial charge in [0.25, 0.3) is 0 Å². The molecule has 2 aromatic rings. The summed E-state index contributed by atoms with van der Waals surface area (Å²) in [5.41, 5.74) is 1.52. The van der Waals surface area contributed by atoms with Crippen molar-refractivity contribution in [1.82, 2.24) is 4.98 Å². The van der Waals surface area contributed by atoms with Gasteiger partial charge in [0.1, 0.15) is 6.07 Å². The van der Waals surface area contributed by atoms with Crippen LogP contribution >= 0.6 is 15.9 Å². The van der Waals surface area contributed by atoms with Crippen LogP contribution in [-0.4, -0.2) is 4.98 Å². The molecular formula is C11H4BrN3. The van der Waals surface area contributed by atoms with Gasteiger partial charge in [-0.1, -0.05) is 0 Å². The maximum atomic E-state index is 8.91. The Hall–Kier alpha value is -1.91. The Balaban J connectivity index is 2.90. The first-order chi connectivity index (χ1) is 7.24. The third-order valence-corrected chi connectivity index (χ3v) is 2.43. The Morgan fingerprint density at radius 2 is 1.93 bits per heavy atom. The van der Waals surface area contributed by atoms with E-state index in [4.69, 9.17) is 10.5 Å². The summed E-state index contributed by atoms with van der Waals surface area (Å²) in [5.74, 6) is 0. The third kappa shape index (κ3) is 1.68.